The molecule has 6 aromatic carbocycles. The normalized spacial score (nSPS) is 21.9. The Morgan fingerprint density at radius 2 is 1.28 bits per heavy atom. The fourth-order valence-electron chi connectivity index (χ4n) is 13.8. The fraction of sp³-hybridized carbons (Fsp3) is 0.410. The molecular weight excluding hydrogens is 804 g/mol. The molecule has 330 valence electrons. The Balaban J connectivity index is 1.21. The minimum absolute atomic E-state index is 0.0299. The van der Waals surface area contributed by atoms with Crippen molar-refractivity contribution in [2.75, 3.05) is 9.71 Å². The van der Waals surface area contributed by atoms with Gasteiger partial charge in [0.25, 0.3) is 0 Å². The standard InChI is InChI=1S/C61H67BN2S/c1-10-12-19-39-23-24-51(38(3)29-39)64-52-35-45-44-34-47-48(59(6,7)28-27-58(47,4)5)37-55(44)65-54(45)36-43(52)46-32-42(41-21-15-14-16-22-41)33-53-56(46)62(64)50-31-40(20-13-11-2)30-49-57(50)63(53)61(9)26-18-17-25-60(49,61)8/h14-16,21-24,29-37H,10-13,17-20,25-28H2,1-9H3. The molecule has 2 aliphatic carbocycles. The van der Waals surface area contributed by atoms with Gasteiger partial charge >= 0.3 is 6.85 Å². The second-order valence-electron chi connectivity index (χ2n) is 22.8. The summed E-state index contributed by atoms with van der Waals surface area (Å²) in [5, 5.41) is 2.83. The third-order valence-corrected chi connectivity index (χ3v) is 19.0. The molecule has 0 spiro atoms. The SMILES string of the molecule is CCCCc1ccc(N2B3c4cc(CCCC)cc5c4N(c4cc(-c6ccccc6)cc(c43)-c3cc4sc6cc7c(cc6c4cc32)C(C)(C)CCC7(C)C)C2(C)CCCCC52C)c(C)c1. The molecule has 0 saturated heterocycles. The molecule has 0 N–H and O–H groups in total. The Bertz CT molecular complexity index is 3100. The van der Waals surface area contributed by atoms with Gasteiger partial charge in [0, 0.05) is 53.9 Å². The van der Waals surface area contributed by atoms with Crippen LogP contribution in [0.3, 0.4) is 0 Å². The second kappa shape index (κ2) is 14.6. The number of rotatable bonds is 8. The van der Waals surface area contributed by atoms with Gasteiger partial charge in [-0.2, -0.15) is 0 Å². The molecule has 2 atom stereocenters. The average Bonchev–Trinajstić information content (AvgIpc) is 3.76. The van der Waals surface area contributed by atoms with Crippen molar-refractivity contribution < 1.29 is 0 Å². The zero-order valence-corrected chi connectivity index (χ0v) is 41.4. The van der Waals surface area contributed by atoms with Gasteiger partial charge in [-0.1, -0.05) is 129 Å². The second-order valence-corrected chi connectivity index (χ2v) is 23.9. The highest BCUT2D eigenvalue weighted by Gasteiger charge is 2.62. The molecule has 4 heteroatoms. The van der Waals surface area contributed by atoms with Crippen molar-refractivity contribution in [3.8, 4) is 22.3 Å². The first kappa shape index (κ1) is 41.6. The fourth-order valence-corrected chi connectivity index (χ4v) is 15.0. The van der Waals surface area contributed by atoms with Gasteiger partial charge in [-0.15, -0.1) is 11.3 Å². The Morgan fingerprint density at radius 1 is 0.585 bits per heavy atom. The number of nitrogens with zero attached hydrogens (tertiary/aromatic N) is 2. The lowest BCUT2D eigenvalue weighted by Gasteiger charge is -2.53. The zero-order valence-electron chi connectivity index (χ0n) is 40.6. The van der Waals surface area contributed by atoms with Crippen LogP contribution in [-0.2, 0) is 29.1 Å². The van der Waals surface area contributed by atoms with Crippen molar-refractivity contribution in [2.24, 2.45) is 0 Å². The van der Waals surface area contributed by atoms with Crippen LogP contribution in [0.1, 0.15) is 153 Å². The van der Waals surface area contributed by atoms with Crippen LogP contribution in [0.15, 0.2) is 97.1 Å². The van der Waals surface area contributed by atoms with Crippen LogP contribution >= 0.6 is 11.3 Å². The van der Waals surface area contributed by atoms with E-state index in [1.165, 1.54) is 157 Å². The summed E-state index contributed by atoms with van der Waals surface area (Å²) in [6.45, 7) is 22.3. The molecule has 0 amide bonds. The highest BCUT2D eigenvalue weighted by Crippen LogP contribution is 2.63. The predicted octanol–water partition coefficient (Wildman–Crippen LogP) is 16.0. The lowest BCUT2D eigenvalue weighted by molar-refractivity contribution is 0.195. The topological polar surface area (TPSA) is 6.48 Å². The van der Waals surface area contributed by atoms with Crippen LogP contribution in [0.2, 0.25) is 0 Å². The van der Waals surface area contributed by atoms with Crippen molar-refractivity contribution >= 4 is 72.0 Å². The Hall–Kier alpha value is -4.80. The van der Waals surface area contributed by atoms with Gasteiger partial charge in [0.15, 0.2) is 0 Å². The lowest BCUT2D eigenvalue weighted by Crippen LogP contribution is -2.64. The molecule has 1 fully saturated rings. The van der Waals surface area contributed by atoms with Crippen LogP contribution in [0, 0.1) is 6.92 Å². The summed E-state index contributed by atoms with van der Waals surface area (Å²) in [7, 11) is 0. The van der Waals surface area contributed by atoms with Gasteiger partial charge in [-0.3, -0.25) is 0 Å². The lowest BCUT2D eigenvalue weighted by atomic mass is 9.43. The van der Waals surface area contributed by atoms with E-state index in [4.69, 9.17) is 0 Å². The summed E-state index contributed by atoms with van der Waals surface area (Å²) in [6, 6.07) is 39.8. The quantitative estimate of drug-likeness (QED) is 0.140. The molecule has 3 aliphatic heterocycles. The maximum Gasteiger partial charge on any atom is 0.333 e. The first-order valence-electron chi connectivity index (χ1n) is 25.4. The van der Waals surface area contributed by atoms with E-state index in [2.05, 4.69) is 169 Å². The van der Waals surface area contributed by atoms with Crippen LogP contribution in [0.25, 0.3) is 42.4 Å². The molecule has 65 heavy (non-hydrogen) atoms. The third kappa shape index (κ3) is 5.90. The van der Waals surface area contributed by atoms with E-state index in [1.54, 1.807) is 16.7 Å². The van der Waals surface area contributed by atoms with Crippen molar-refractivity contribution in [1.82, 2.24) is 0 Å². The molecule has 7 aromatic rings. The number of benzene rings is 6. The Labute approximate surface area is 393 Å². The minimum atomic E-state index is -0.0299. The van der Waals surface area contributed by atoms with Crippen molar-refractivity contribution in [3.05, 3.63) is 130 Å². The summed E-state index contributed by atoms with van der Waals surface area (Å²) in [4.78, 5) is 5.78. The van der Waals surface area contributed by atoms with Gasteiger partial charge in [-0.25, -0.2) is 0 Å². The van der Waals surface area contributed by atoms with E-state index in [9.17, 15) is 0 Å². The summed E-state index contributed by atoms with van der Waals surface area (Å²) in [5.74, 6) is 0. The first-order valence-corrected chi connectivity index (χ1v) is 26.2. The van der Waals surface area contributed by atoms with Crippen molar-refractivity contribution in [3.63, 3.8) is 0 Å². The van der Waals surface area contributed by atoms with Crippen molar-refractivity contribution in [1.29, 1.82) is 0 Å². The number of hydrogen-bond donors (Lipinski definition) is 0. The molecule has 0 radical (unpaired) electrons. The summed E-state index contributed by atoms with van der Waals surface area (Å²) in [5.41, 5.74) is 23.4. The van der Waals surface area contributed by atoms with E-state index in [0.29, 0.717) is 0 Å². The van der Waals surface area contributed by atoms with Gasteiger partial charge < -0.3 is 9.71 Å². The van der Waals surface area contributed by atoms with Crippen LogP contribution in [0.5, 0.6) is 0 Å². The molecule has 1 saturated carbocycles. The number of thiophene rings is 1. The van der Waals surface area contributed by atoms with E-state index in [-0.39, 0.29) is 28.6 Å². The predicted molar refractivity (Wildman–Crippen MR) is 284 cm³/mol. The monoisotopic (exact) mass is 871 g/mol. The minimum Gasteiger partial charge on any atom is -0.376 e. The average molecular weight is 871 g/mol. The number of unbranched alkanes of at least 4 members (excludes halogenated alkanes) is 2. The number of fused-ring (bicyclic) bond motifs is 11. The van der Waals surface area contributed by atoms with E-state index in [0.717, 1.165) is 12.8 Å². The van der Waals surface area contributed by atoms with Crippen LogP contribution in [-0.4, -0.2) is 12.4 Å². The van der Waals surface area contributed by atoms with Gasteiger partial charge in [0.2, 0.25) is 0 Å². The Kier molecular flexibility index (Phi) is 9.35. The molecule has 1 aromatic heterocycles. The van der Waals surface area contributed by atoms with E-state index >= 15 is 0 Å². The maximum absolute atomic E-state index is 2.93. The Morgan fingerprint density at radius 3 is 2.02 bits per heavy atom. The smallest absolute Gasteiger partial charge is 0.333 e. The molecule has 5 aliphatic rings. The summed E-state index contributed by atoms with van der Waals surface area (Å²) < 4.78 is 2.82. The third-order valence-electron chi connectivity index (χ3n) is 17.9. The van der Waals surface area contributed by atoms with Gasteiger partial charge in [0.1, 0.15) is 0 Å². The summed E-state index contributed by atoms with van der Waals surface area (Å²) >= 11 is 2.01. The van der Waals surface area contributed by atoms with Gasteiger partial charge in [-0.05, 0) is 180 Å². The van der Waals surface area contributed by atoms with E-state index < -0.39 is 0 Å². The molecule has 0 bridgehead atoms. The highest BCUT2D eigenvalue weighted by atomic mass is 32.1. The van der Waals surface area contributed by atoms with Crippen LogP contribution in [0.4, 0.5) is 22.7 Å². The first-order chi connectivity index (χ1) is 31.3. The highest BCUT2D eigenvalue weighted by molar-refractivity contribution is 7.25. The molecule has 12 rings (SSSR count). The number of aryl methyl sites for hydroxylation is 3. The molecule has 2 nitrogen and oxygen atoms in total. The van der Waals surface area contributed by atoms with Gasteiger partial charge in [0.05, 0.1) is 5.54 Å². The molecular formula is C61H67BN2S. The summed E-state index contributed by atoms with van der Waals surface area (Å²) in [6.07, 6.45) is 14.6. The number of anilines is 4. The largest absolute Gasteiger partial charge is 0.376 e. The maximum atomic E-state index is 2.93. The van der Waals surface area contributed by atoms with E-state index in [1.807, 2.05) is 11.3 Å². The van der Waals surface area contributed by atoms with Crippen molar-refractivity contribution in [2.45, 2.75) is 161 Å². The number of hydrogen-bond acceptors (Lipinski definition) is 3. The molecule has 2 unspecified atom stereocenters. The zero-order chi connectivity index (χ0) is 44.8. The van der Waals surface area contributed by atoms with Crippen LogP contribution < -0.4 is 20.6 Å². The molecule has 4 heterocycles.